The smallest absolute Gasteiger partial charge is 0.434 e. The lowest BCUT2D eigenvalue weighted by Gasteiger charge is -2.24. The average molecular weight is 284 g/mol. The van der Waals surface area contributed by atoms with Gasteiger partial charge in [0.05, 0.1) is 11.3 Å². The number of hydrogen-bond acceptors (Lipinski definition) is 3. The molecule has 1 aromatic carbocycles. The summed E-state index contributed by atoms with van der Waals surface area (Å²) in [5.41, 5.74) is 4.91. The highest BCUT2D eigenvalue weighted by atomic mass is 19.4. The van der Waals surface area contributed by atoms with Crippen LogP contribution in [0.4, 0.5) is 32.0 Å². The third-order valence-electron chi connectivity index (χ3n) is 1.99. The summed E-state index contributed by atoms with van der Waals surface area (Å²) in [6.45, 7) is 0. The van der Waals surface area contributed by atoms with Crippen LogP contribution in [-0.2, 0) is 0 Å². The molecule has 0 heterocycles. The molecule has 0 saturated carbocycles. The number of halogens is 6. The molecule has 0 bridgehead atoms. The summed E-state index contributed by atoms with van der Waals surface area (Å²) in [5.74, 6) is -0.726. The summed E-state index contributed by atoms with van der Waals surface area (Å²) in [5, 5.41) is 8.52. The van der Waals surface area contributed by atoms with Crippen LogP contribution in [0.15, 0.2) is 18.2 Å². The van der Waals surface area contributed by atoms with Crippen LogP contribution >= 0.6 is 0 Å². The third-order valence-corrected chi connectivity index (χ3v) is 1.99. The summed E-state index contributed by atoms with van der Waals surface area (Å²) in [7, 11) is 0. The van der Waals surface area contributed by atoms with Crippen molar-refractivity contribution in [2.75, 3.05) is 5.73 Å². The van der Waals surface area contributed by atoms with E-state index in [2.05, 4.69) is 4.74 Å². The van der Waals surface area contributed by atoms with Gasteiger partial charge < -0.3 is 10.5 Å². The Balaban J connectivity index is 3.05. The molecule has 0 aliphatic carbocycles. The Bertz CT molecular complexity index is 488. The monoisotopic (exact) mass is 284 g/mol. The largest absolute Gasteiger partial charge is 0.471 e. The van der Waals surface area contributed by atoms with Crippen LogP contribution in [0.25, 0.3) is 0 Å². The van der Waals surface area contributed by atoms with Crippen LogP contribution < -0.4 is 10.5 Å². The number of alkyl halides is 6. The molecule has 9 heteroatoms. The second kappa shape index (κ2) is 4.87. The number of rotatable bonds is 2. The van der Waals surface area contributed by atoms with Crippen molar-refractivity contribution in [3.63, 3.8) is 0 Å². The van der Waals surface area contributed by atoms with Gasteiger partial charge in [0.2, 0.25) is 0 Å². The lowest BCUT2D eigenvalue weighted by Crippen LogP contribution is -2.46. The first-order valence-electron chi connectivity index (χ1n) is 4.65. The Morgan fingerprint density at radius 2 is 1.63 bits per heavy atom. The lowest BCUT2D eigenvalue weighted by atomic mass is 10.2. The lowest BCUT2D eigenvalue weighted by molar-refractivity contribution is -0.299. The van der Waals surface area contributed by atoms with E-state index in [0.29, 0.717) is 0 Å². The highest BCUT2D eigenvalue weighted by Gasteiger charge is 2.59. The molecule has 1 aromatic rings. The van der Waals surface area contributed by atoms with Gasteiger partial charge in [0.15, 0.2) is 0 Å². The molecule has 104 valence electrons. The van der Waals surface area contributed by atoms with E-state index in [1.54, 1.807) is 6.07 Å². The molecule has 0 amide bonds. The summed E-state index contributed by atoms with van der Waals surface area (Å²) < 4.78 is 77.2. The predicted molar refractivity (Wildman–Crippen MR) is 52.1 cm³/mol. The standard InChI is InChI=1S/C10H6F6N2O/c11-9(12,13)8(10(14,15)16)19-6-2-1-5(4-17)7(18)3-6/h1-3,8H,18H2. The number of benzene rings is 1. The normalized spacial score (nSPS) is 12.3. The van der Waals surface area contributed by atoms with Gasteiger partial charge in [-0.25, -0.2) is 0 Å². The van der Waals surface area contributed by atoms with Gasteiger partial charge in [0, 0.05) is 6.07 Å². The number of nitrogens with two attached hydrogens (primary N) is 1. The van der Waals surface area contributed by atoms with E-state index in [4.69, 9.17) is 11.0 Å². The van der Waals surface area contributed by atoms with Crippen molar-refractivity contribution in [2.24, 2.45) is 0 Å². The second-order valence-electron chi connectivity index (χ2n) is 3.44. The van der Waals surface area contributed by atoms with Crippen LogP contribution in [0, 0.1) is 11.3 Å². The number of anilines is 1. The molecule has 3 nitrogen and oxygen atoms in total. The highest BCUT2D eigenvalue weighted by molar-refractivity contribution is 5.57. The molecular weight excluding hydrogens is 278 g/mol. The molecular formula is C10H6F6N2O. The summed E-state index contributed by atoms with van der Waals surface area (Å²) in [4.78, 5) is 0. The molecule has 2 N–H and O–H groups in total. The summed E-state index contributed by atoms with van der Waals surface area (Å²) >= 11 is 0. The van der Waals surface area contributed by atoms with E-state index >= 15 is 0 Å². The number of nitrogens with zero attached hydrogens (tertiary/aromatic N) is 1. The van der Waals surface area contributed by atoms with Crippen molar-refractivity contribution in [1.82, 2.24) is 0 Å². The molecule has 0 atom stereocenters. The first kappa shape index (κ1) is 14.9. The van der Waals surface area contributed by atoms with Crippen molar-refractivity contribution >= 4 is 5.69 Å². The number of nitriles is 1. The molecule has 0 saturated heterocycles. The Kier molecular flexibility index (Phi) is 3.83. The Morgan fingerprint density at radius 3 is 2.00 bits per heavy atom. The molecule has 0 unspecified atom stereocenters. The van der Waals surface area contributed by atoms with Crippen LogP contribution in [0.5, 0.6) is 5.75 Å². The molecule has 0 aromatic heterocycles. The van der Waals surface area contributed by atoms with E-state index in [0.717, 1.165) is 18.2 Å². The molecule has 0 fully saturated rings. The van der Waals surface area contributed by atoms with E-state index < -0.39 is 24.2 Å². The van der Waals surface area contributed by atoms with E-state index in [-0.39, 0.29) is 11.3 Å². The van der Waals surface area contributed by atoms with Gasteiger partial charge in [0.25, 0.3) is 6.10 Å². The van der Waals surface area contributed by atoms with Gasteiger partial charge >= 0.3 is 12.4 Å². The zero-order valence-corrected chi connectivity index (χ0v) is 9.01. The van der Waals surface area contributed by atoms with Gasteiger partial charge in [-0.2, -0.15) is 31.6 Å². The van der Waals surface area contributed by atoms with Crippen LogP contribution in [-0.4, -0.2) is 18.5 Å². The van der Waals surface area contributed by atoms with E-state index in [1.807, 2.05) is 0 Å². The van der Waals surface area contributed by atoms with Gasteiger partial charge in [-0.15, -0.1) is 0 Å². The Hall–Kier alpha value is -2.11. The quantitative estimate of drug-likeness (QED) is 0.670. The van der Waals surface area contributed by atoms with Crippen molar-refractivity contribution < 1.29 is 31.1 Å². The van der Waals surface area contributed by atoms with Gasteiger partial charge in [-0.05, 0) is 12.1 Å². The van der Waals surface area contributed by atoms with Crippen LogP contribution in [0.1, 0.15) is 5.56 Å². The van der Waals surface area contributed by atoms with Crippen molar-refractivity contribution in [2.45, 2.75) is 18.5 Å². The zero-order valence-electron chi connectivity index (χ0n) is 9.01. The van der Waals surface area contributed by atoms with Crippen molar-refractivity contribution in [3.8, 4) is 11.8 Å². The minimum atomic E-state index is -5.61. The topological polar surface area (TPSA) is 59.0 Å². The average Bonchev–Trinajstić information content (AvgIpc) is 2.23. The SMILES string of the molecule is N#Cc1ccc(OC(C(F)(F)F)C(F)(F)F)cc1N. The molecule has 0 aliphatic heterocycles. The molecule has 0 radical (unpaired) electrons. The molecule has 1 rings (SSSR count). The molecule has 19 heavy (non-hydrogen) atoms. The van der Waals surface area contributed by atoms with Crippen molar-refractivity contribution in [3.05, 3.63) is 23.8 Å². The van der Waals surface area contributed by atoms with Gasteiger partial charge in [-0.3, -0.25) is 0 Å². The van der Waals surface area contributed by atoms with E-state index in [9.17, 15) is 26.3 Å². The third kappa shape index (κ3) is 3.67. The number of nitrogen functional groups attached to an aromatic ring is 1. The predicted octanol–water partition coefficient (Wildman–Crippen LogP) is 3.01. The number of hydrogen-bond donors (Lipinski definition) is 1. The minimum Gasteiger partial charge on any atom is -0.471 e. The number of ether oxygens (including phenoxy) is 1. The minimum absolute atomic E-state index is 0.0806. The summed E-state index contributed by atoms with van der Waals surface area (Å²) in [6, 6.07) is 4.11. The maximum Gasteiger partial charge on any atom is 0.434 e. The second-order valence-corrected chi connectivity index (χ2v) is 3.44. The van der Waals surface area contributed by atoms with E-state index in [1.165, 1.54) is 0 Å². The Labute approximate surface area is 103 Å². The van der Waals surface area contributed by atoms with Crippen LogP contribution in [0.2, 0.25) is 0 Å². The fourth-order valence-corrected chi connectivity index (χ4v) is 1.17. The fraction of sp³-hybridized carbons (Fsp3) is 0.300. The Morgan fingerprint density at radius 1 is 1.11 bits per heavy atom. The highest BCUT2D eigenvalue weighted by Crippen LogP contribution is 2.36. The maximum atomic E-state index is 12.2. The fourth-order valence-electron chi connectivity index (χ4n) is 1.17. The van der Waals surface area contributed by atoms with Gasteiger partial charge in [-0.1, -0.05) is 0 Å². The first-order valence-corrected chi connectivity index (χ1v) is 4.65. The van der Waals surface area contributed by atoms with Crippen LogP contribution in [0.3, 0.4) is 0 Å². The maximum absolute atomic E-state index is 12.2. The van der Waals surface area contributed by atoms with Crippen molar-refractivity contribution in [1.29, 1.82) is 5.26 Å². The first-order chi connectivity index (χ1) is 8.55. The molecule has 0 aliphatic rings. The zero-order chi connectivity index (χ0) is 14.8. The van der Waals surface area contributed by atoms with Gasteiger partial charge in [0.1, 0.15) is 11.8 Å². The molecule has 0 spiro atoms. The summed E-state index contributed by atoms with van der Waals surface area (Å²) in [6.07, 6.45) is -15.2.